The Labute approximate surface area is 121 Å². The third kappa shape index (κ3) is 1.53. The van der Waals surface area contributed by atoms with E-state index >= 15 is 0 Å². The highest BCUT2D eigenvalue weighted by Crippen LogP contribution is 2.62. The minimum absolute atomic E-state index is 0.0878. The molecule has 0 saturated heterocycles. The standard InChI is InChI=1S/C19H24O/c1-12-11-17(20)19(2)10-9-15-14-6-4-3-5-13(14)7-8-16(15)18(12)19/h3-6,15-18,20H,1,7-11H2,2H3/t15-,16-,17-,18+,19-/m1/s1. The predicted octanol–water partition coefficient (Wildman–Crippen LogP) is 4.07. The molecule has 20 heavy (non-hydrogen) atoms. The fourth-order valence-corrected chi connectivity index (χ4v) is 5.51. The van der Waals surface area contributed by atoms with Gasteiger partial charge >= 0.3 is 0 Å². The lowest BCUT2D eigenvalue weighted by Gasteiger charge is -2.50. The monoisotopic (exact) mass is 268 g/mol. The zero-order chi connectivity index (χ0) is 13.9. The summed E-state index contributed by atoms with van der Waals surface area (Å²) < 4.78 is 0. The lowest BCUT2D eigenvalue weighted by atomic mass is 9.55. The summed E-state index contributed by atoms with van der Waals surface area (Å²) in [5, 5.41) is 10.5. The number of hydrogen-bond acceptors (Lipinski definition) is 1. The Morgan fingerprint density at radius 1 is 1.25 bits per heavy atom. The second-order valence-electron chi connectivity index (χ2n) is 7.41. The Hall–Kier alpha value is -1.08. The summed E-state index contributed by atoms with van der Waals surface area (Å²) in [6.45, 7) is 6.62. The third-order valence-corrected chi connectivity index (χ3v) is 6.51. The minimum Gasteiger partial charge on any atom is -0.392 e. The number of aliphatic hydroxyl groups excluding tert-OH is 1. The summed E-state index contributed by atoms with van der Waals surface area (Å²) in [5.41, 5.74) is 4.54. The second kappa shape index (κ2) is 4.21. The number of rotatable bonds is 0. The van der Waals surface area contributed by atoms with Gasteiger partial charge in [-0.1, -0.05) is 43.3 Å². The highest BCUT2D eigenvalue weighted by Gasteiger charge is 2.55. The van der Waals surface area contributed by atoms with Gasteiger partial charge in [-0.3, -0.25) is 0 Å². The average Bonchev–Trinajstić information content (AvgIpc) is 2.69. The summed E-state index contributed by atoms with van der Waals surface area (Å²) in [7, 11) is 0. The molecule has 1 aromatic rings. The first-order valence-electron chi connectivity index (χ1n) is 8.05. The topological polar surface area (TPSA) is 20.2 Å². The molecule has 1 nitrogen and oxygen atoms in total. The van der Waals surface area contributed by atoms with Crippen LogP contribution in [0.1, 0.15) is 49.7 Å². The van der Waals surface area contributed by atoms with Crippen molar-refractivity contribution in [3.63, 3.8) is 0 Å². The van der Waals surface area contributed by atoms with Crippen LogP contribution in [0.3, 0.4) is 0 Å². The fraction of sp³-hybridized carbons (Fsp3) is 0.579. The molecule has 0 heterocycles. The van der Waals surface area contributed by atoms with Gasteiger partial charge < -0.3 is 5.11 Å². The highest BCUT2D eigenvalue weighted by molar-refractivity contribution is 5.36. The lowest BCUT2D eigenvalue weighted by Crippen LogP contribution is -2.44. The van der Waals surface area contributed by atoms with Gasteiger partial charge in [0.2, 0.25) is 0 Å². The van der Waals surface area contributed by atoms with E-state index in [2.05, 4.69) is 37.8 Å². The number of hydrogen-bond donors (Lipinski definition) is 1. The highest BCUT2D eigenvalue weighted by atomic mass is 16.3. The SMILES string of the molecule is C=C1C[C@@H](O)[C@@]2(C)CC[C@@H]3c4ccccc4CC[C@H]3[C@H]12. The molecular weight excluding hydrogens is 244 g/mol. The van der Waals surface area contributed by atoms with Crippen LogP contribution in [0.15, 0.2) is 36.4 Å². The van der Waals surface area contributed by atoms with Gasteiger partial charge in [0, 0.05) is 5.41 Å². The number of benzene rings is 1. The van der Waals surface area contributed by atoms with Gasteiger partial charge in [0.25, 0.3) is 0 Å². The van der Waals surface area contributed by atoms with Crippen molar-refractivity contribution in [3.8, 4) is 0 Å². The van der Waals surface area contributed by atoms with E-state index < -0.39 is 0 Å². The van der Waals surface area contributed by atoms with Crippen molar-refractivity contribution in [3.05, 3.63) is 47.5 Å². The van der Waals surface area contributed by atoms with Crippen molar-refractivity contribution in [2.75, 3.05) is 0 Å². The zero-order valence-corrected chi connectivity index (χ0v) is 12.3. The van der Waals surface area contributed by atoms with E-state index in [0.29, 0.717) is 17.8 Å². The van der Waals surface area contributed by atoms with Crippen LogP contribution in [0.2, 0.25) is 0 Å². The molecule has 2 saturated carbocycles. The van der Waals surface area contributed by atoms with E-state index in [9.17, 15) is 5.11 Å². The first kappa shape index (κ1) is 12.6. The van der Waals surface area contributed by atoms with Gasteiger partial charge in [0.05, 0.1) is 6.10 Å². The molecule has 3 aliphatic rings. The molecule has 0 aromatic heterocycles. The molecule has 0 bridgehead atoms. The summed E-state index contributed by atoms with van der Waals surface area (Å²) in [6, 6.07) is 9.00. The molecule has 1 heteroatoms. The van der Waals surface area contributed by atoms with E-state index in [4.69, 9.17) is 0 Å². The molecule has 0 aliphatic heterocycles. The van der Waals surface area contributed by atoms with Crippen LogP contribution in [-0.2, 0) is 6.42 Å². The van der Waals surface area contributed by atoms with E-state index in [1.807, 2.05) is 0 Å². The molecule has 2 fully saturated rings. The molecule has 0 amide bonds. The van der Waals surface area contributed by atoms with Gasteiger partial charge in [-0.15, -0.1) is 0 Å². The van der Waals surface area contributed by atoms with Gasteiger partial charge in [-0.2, -0.15) is 0 Å². The number of aryl methyl sites for hydroxylation is 1. The Morgan fingerprint density at radius 2 is 2.05 bits per heavy atom. The van der Waals surface area contributed by atoms with Crippen molar-refractivity contribution in [2.24, 2.45) is 17.3 Å². The molecule has 5 atom stereocenters. The molecule has 3 aliphatic carbocycles. The number of aliphatic hydroxyl groups is 1. The Morgan fingerprint density at radius 3 is 2.90 bits per heavy atom. The molecule has 0 radical (unpaired) electrons. The molecule has 0 unspecified atom stereocenters. The molecule has 106 valence electrons. The average molecular weight is 268 g/mol. The van der Waals surface area contributed by atoms with Crippen LogP contribution in [-0.4, -0.2) is 11.2 Å². The predicted molar refractivity (Wildman–Crippen MR) is 81.6 cm³/mol. The fourth-order valence-electron chi connectivity index (χ4n) is 5.51. The summed E-state index contributed by atoms with van der Waals surface area (Å²) in [4.78, 5) is 0. The van der Waals surface area contributed by atoms with Gasteiger partial charge in [-0.05, 0) is 61.0 Å². The second-order valence-corrected chi connectivity index (χ2v) is 7.41. The normalized spacial score (nSPS) is 42.8. The summed E-state index contributed by atoms with van der Waals surface area (Å²) in [5.74, 6) is 1.93. The summed E-state index contributed by atoms with van der Waals surface area (Å²) in [6.07, 6.45) is 5.51. The smallest absolute Gasteiger partial charge is 0.0636 e. The molecule has 0 spiro atoms. The maximum atomic E-state index is 10.5. The van der Waals surface area contributed by atoms with Gasteiger partial charge in [-0.25, -0.2) is 0 Å². The van der Waals surface area contributed by atoms with E-state index in [1.165, 1.54) is 24.8 Å². The van der Waals surface area contributed by atoms with Crippen LogP contribution < -0.4 is 0 Å². The molecular formula is C19H24O. The summed E-state index contributed by atoms with van der Waals surface area (Å²) >= 11 is 0. The van der Waals surface area contributed by atoms with E-state index in [0.717, 1.165) is 12.8 Å². The Balaban J connectivity index is 1.76. The van der Waals surface area contributed by atoms with E-state index in [-0.39, 0.29) is 11.5 Å². The molecule has 1 aromatic carbocycles. The van der Waals surface area contributed by atoms with Gasteiger partial charge in [0.1, 0.15) is 0 Å². The Kier molecular flexibility index (Phi) is 2.66. The first-order chi connectivity index (χ1) is 9.61. The van der Waals surface area contributed by atoms with Crippen molar-refractivity contribution in [1.29, 1.82) is 0 Å². The van der Waals surface area contributed by atoms with E-state index in [1.54, 1.807) is 11.1 Å². The van der Waals surface area contributed by atoms with Crippen molar-refractivity contribution < 1.29 is 5.11 Å². The van der Waals surface area contributed by atoms with Crippen LogP contribution >= 0.6 is 0 Å². The largest absolute Gasteiger partial charge is 0.392 e. The van der Waals surface area contributed by atoms with Crippen molar-refractivity contribution in [2.45, 2.75) is 51.0 Å². The minimum atomic E-state index is -0.168. The molecule has 1 N–H and O–H groups in total. The maximum Gasteiger partial charge on any atom is 0.0636 e. The van der Waals surface area contributed by atoms with Crippen molar-refractivity contribution in [1.82, 2.24) is 0 Å². The van der Waals surface area contributed by atoms with Crippen molar-refractivity contribution >= 4 is 0 Å². The Bertz CT molecular complexity index is 561. The molecule has 4 rings (SSSR count). The van der Waals surface area contributed by atoms with Crippen LogP contribution in [0.5, 0.6) is 0 Å². The van der Waals surface area contributed by atoms with Crippen LogP contribution in [0, 0.1) is 17.3 Å². The third-order valence-electron chi connectivity index (χ3n) is 6.51. The first-order valence-corrected chi connectivity index (χ1v) is 8.05. The van der Waals surface area contributed by atoms with Crippen LogP contribution in [0.25, 0.3) is 0 Å². The number of fused-ring (bicyclic) bond motifs is 5. The lowest BCUT2D eigenvalue weighted by molar-refractivity contribution is -0.0178. The zero-order valence-electron chi connectivity index (χ0n) is 12.3. The maximum absolute atomic E-state index is 10.5. The van der Waals surface area contributed by atoms with Gasteiger partial charge in [0.15, 0.2) is 0 Å². The van der Waals surface area contributed by atoms with Crippen LogP contribution in [0.4, 0.5) is 0 Å². The quantitative estimate of drug-likeness (QED) is 0.703.